The number of carbonyl (C=O) groups is 2. The average molecular weight is 439 g/mol. The molecule has 0 aliphatic carbocycles. The first kappa shape index (κ1) is 23.1. The van der Waals surface area contributed by atoms with Gasteiger partial charge in [-0.25, -0.2) is 14.0 Å². The molecule has 0 atom stereocenters. The Morgan fingerprint density at radius 1 is 0.906 bits per heavy atom. The molecule has 3 N–H and O–H groups in total. The largest absolute Gasteiger partial charge is 0.478 e. The summed E-state index contributed by atoms with van der Waals surface area (Å²) in [5, 5.41) is 23.2. The zero-order valence-corrected chi connectivity index (χ0v) is 18.3. The summed E-state index contributed by atoms with van der Waals surface area (Å²) in [4.78, 5) is 24.6. The van der Waals surface area contributed by atoms with Crippen molar-refractivity contribution < 1.29 is 28.9 Å². The molecule has 0 saturated heterocycles. The van der Waals surface area contributed by atoms with Gasteiger partial charge in [-0.05, 0) is 41.7 Å². The van der Waals surface area contributed by atoms with Crippen molar-refractivity contribution in [3.05, 3.63) is 82.5 Å². The minimum absolute atomic E-state index is 0.0703. The van der Waals surface area contributed by atoms with Gasteiger partial charge in [-0.2, -0.15) is 0 Å². The van der Waals surface area contributed by atoms with E-state index in [1.807, 2.05) is 27.7 Å². The number of para-hydroxylation sites is 1. The summed E-state index contributed by atoms with van der Waals surface area (Å²) in [6.45, 7) is 7.34. The normalized spacial score (nSPS) is 14.7. The molecule has 6 nitrogen and oxygen atoms in total. The van der Waals surface area contributed by atoms with E-state index in [0.29, 0.717) is 22.7 Å². The number of aliphatic carboxylic acids is 2. The molecule has 0 radical (unpaired) electrons. The first-order chi connectivity index (χ1) is 15.1. The standard InChI is InChI=1S/C25H26FNO5/c1-13(2)22-20(24(28)29)19(21(25(30)31)23(27-22)14(3)4)15-10-11-17(26)18(12-15)32-16-8-6-5-7-9-16/h5-14,19,27H,1-4H3,(H,28,29)(H,30,31). The van der Waals surface area contributed by atoms with Gasteiger partial charge in [-0.15, -0.1) is 0 Å². The maximum atomic E-state index is 14.5. The molecule has 0 spiro atoms. The maximum Gasteiger partial charge on any atom is 0.334 e. The van der Waals surface area contributed by atoms with Crippen molar-refractivity contribution in [2.75, 3.05) is 0 Å². The van der Waals surface area contributed by atoms with Gasteiger partial charge in [-0.3, -0.25) is 0 Å². The van der Waals surface area contributed by atoms with Crippen LogP contribution in [0.5, 0.6) is 11.5 Å². The van der Waals surface area contributed by atoms with Crippen molar-refractivity contribution in [1.29, 1.82) is 0 Å². The molecule has 0 unspecified atom stereocenters. The van der Waals surface area contributed by atoms with Crippen LogP contribution in [0.25, 0.3) is 0 Å². The van der Waals surface area contributed by atoms with Crippen LogP contribution >= 0.6 is 0 Å². The van der Waals surface area contributed by atoms with E-state index in [9.17, 15) is 24.2 Å². The Bertz CT molecular complexity index is 1060. The third kappa shape index (κ3) is 4.51. The molecule has 2 aromatic carbocycles. The Morgan fingerprint density at radius 2 is 1.44 bits per heavy atom. The fraction of sp³-hybridized carbons (Fsp3) is 0.280. The number of allylic oxidation sites excluding steroid dienone is 2. The van der Waals surface area contributed by atoms with Crippen molar-refractivity contribution in [1.82, 2.24) is 5.32 Å². The van der Waals surface area contributed by atoms with Gasteiger partial charge in [-0.1, -0.05) is 52.0 Å². The van der Waals surface area contributed by atoms with E-state index in [2.05, 4.69) is 5.32 Å². The van der Waals surface area contributed by atoms with Crippen molar-refractivity contribution in [2.24, 2.45) is 11.8 Å². The van der Waals surface area contributed by atoms with Gasteiger partial charge in [0.2, 0.25) is 0 Å². The van der Waals surface area contributed by atoms with Gasteiger partial charge in [0.05, 0.1) is 17.1 Å². The maximum absolute atomic E-state index is 14.5. The number of halogens is 1. The molecule has 0 fully saturated rings. The minimum atomic E-state index is -1.23. The van der Waals surface area contributed by atoms with Crippen molar-refractivity contribution >= 4 is 11.9 Å². The van der Waals surface area contributed by atoms with Gasteiger partial charge in [0.25, 0.3) is 0 Å². The van der Waals surface area contributed by atoms with Crippen molar-refractivity contribution in [3.8, 4) is 11.5 Å². The lowest BCUT2D eigenvalue weighted by molar-refractivity contribution is -0.133. The van der Waals surface area contributed by atoms with E-state index >= 15 is 0 Å². The van der Waals surface area contributed by atoms with Crippen LogP contribution in [0.2, 0.25) is 0 Å². The summed E-state index contributed by atoms with van der Waals surface area (Å²) < 4.78 is 20.2. The van der Waals surface area contributed by atoms with E-state index in [4.69, 9.17) is 4.74 Å². The average Bonchev–Trinajstić information content (AvgIpc) is 2.74. The predicted molar refractivity (Wildman–Crippen MR) is 118 cm³/mol. The number of benzene rings is 2. The number of nitrogens with one attached hydrogen (secondary N) is 1. The van der Waals surface area contributed by atoms with E-state index in [-0.39, 0.29) is 28.7 Å². The molecule has 32 heavy (non-hydrogen) atoms. The molecule has 0 amide bonds. The van der Waals surface area contributed by atoms with E-state index in [0.717, 1.165) is 0 Å². The number of ether oxygens (including phenoxy) is 1. The highest BCUT2D eigenvalue weighted by Crippen LogP contribution is 2.43. The van der Waals surface area contributed by atoms with E-state index < -0.39 is 23.7 Å². The third-order valence-electron chi connectivity index (χ3n) is 5.30. The Balaban J connectivity index is 2.24. The van der Waals surface area contributed by atoms with Gasteiger partial charge < -0.3 is 20.3 Å². The monoisotopic (exact) mass is 439 g/mol. The molecule has 0 saturated carbocycles. The Hall–Kier alpha value is -3.61. The summed E-state index contributed by atoms with van der Waals surface area (Å²) in [5.74, 6) is -4.31. The molecule has 2 aromatic rings. The molecular weight excluding hydrogens is 413 g/mol. The molecule has 1 aliphatic rings. The lowest BCUT2D eigenvalue weighted by Crippen LogP contribution is -2.36. The minimum Gasteiger partial charge on any atom is -0.478 e. The van der Waals surface area contributed by atoms with Gasteiger partial charge in [0, 0.05) is 11.4 Å². The summed E-state index contributed by atoms with van der Waals surface area (Å²) in [6, 6.07) is 12.5. The summed E-state index contributed by atoms with van der Waals surface area (Å²) in [5.41, 5.74) is 1.06. The number of carboxylic acid groups (broad SMARTS) is 2. The highest BCUT2D eigenvalue weighted by atomic mass is 19.1. The Morgan fingerprint density at radius 3 is 1.91 bits per heavy atom. The Labute approximate surface area is 186 Å². The van der Waals surface area contributed by atoms with Gasteiger partial charge in [0.1, 0.15) is 5.75 Å². The molecule has 1 heterocycles. The fourth-order valence-electron chi connectivity index (χ4n) is 3.85. The van der Waals surface area contributed by atoms with Crippen LogP contribution < -0.4 is 10.1 Å². The predicted octanol–water partition coefficient (Wildman–Crippen LogP) is 5.29. The number of dihydropyridines is 1. The van der Waals surface area contributed by atoms with Crippen LogP contribution in [0.4, 0.5) is 4.39 Å². The number of carboxylic acids is 2. The second kappa shape index (κ2) is 9.26. The zero-order valence-electron chi connectivity index (χ0n) is 18.3. The van der Waals surface area contributed by atoms with Gasteiger partial charge >= 0.3 is 11.9 Å². The molecular formula is C25H26FNO5. The highest BCUT2D eigenvalue weighted by Gasteiger charge is 2.40. The lowest BCUT2D eigenvalue weighted by Gasteiger charge is -2.34. The third-order valence-corrected chi connectivity index (χ3v) is 5.30. The Kier molecular flexibility index (Phi) is 6.67. The van der Waals surface area contributed by atoms with Crippen LogP contribution in [0.1, 0.15) is 39.2 Å². The van der Waals surface area contributed by atoms with Crippen LogP contribution in [0.3, 0.4) is 0 Å². The molecule has 7 heteroatoms. The van der Waals surface area contributed by atoms with Crippen LogP contribution in [-0.2, 0) is 9.59 Å². The van der Waals surface area contributed by atoms with Crippen molar-refractivity contribution in [3.63, 3.8) is 0 Å². The smallest absolute Gasteiger partial charge is 0.334 e. The van der Waals surface area contributed by atoms with E-state index in [1.54, 1.807) is 30.3 Å². The SMILES string of the molecule is CC(C)C1=C(C(=O)O)C(c2ccc(F)c(Oc3ccccc3)c2)C(C(=O)O)=C(C(C)C)N1. The first-order valence-corrected chi connectivity index (χ1v) is 10.4. The number of rotatable bonds is 7. The molecule has 3 rings (SSSR count). The molecule has 0 bridgehead atoms. The zero-order chi connectivity index (χ0) is 23.6. The number of hydrogen-bond donors (Lipinski definition) is 3. The fourth-order valence-corrected chi connectivity index (χ4v) is 3.85. The van der Waals surface area contributed by atoms with Crippen LogP contribution in [0.15, 0.2) is 71.1 Å². The summed E-state index contributed by atoms with van der Waals surface area (Å²) >= 11 is 0. The van der Waals surface area contributed by atoms with E-state index in [1.165, 1.54) is 18.2 Å². The summed E-state index contributed by atoms with van der Waals surface area (Å²) in [6.07, 6.45) is 0. The molecule has 1 aliphatic heterocycles. The van der Waals surface area contributed by atoms with Crippen molar-refractivity contribution in [2.45, 2.75) is 33.6 Å². The molecule has 168 valence electrons. The molecule has 0 aromatic heterocycles. The summed E-state index contributed by atoms with van der Waals surface area (Å²) in [7, 11) is 0. The number of hydrogen-bond acceptors (Lipinski definition) is 4. The van der Waals surface area contributed by atoms with Crippen LogP contribution in [-0.4, -0.2) is 22.2 Å². The quantitative estimate of drug-likeness (QED) is 0.542. The second-order valence-corrected chi connectivity index (χ2v) is 8.24. The second-order valence-electron chi connectivity index (χ2n) is 8.24. The van der Waals surface area contributed by atoms with Crippen LogP contribution in [0, 0.1) is 17.7 Å². The lowest BCUT2D eigenvalue weighted by atomic mass is 9.77. The highest BCUT2D eigenvalue weighted by molar-refractivity contribution is 5.98. The van der Waals surface area contributed by atoms with Gasteiger partial charge in [0.15, 0.2) is 11.6 Å². The first-order valence-electron chi connectivity index (χ1n) is 10.4. The topological polar surface area (TPSA) is 95.9 Å².